The van der Waals surface area contributed by atoms with Crippen molar-refractivity contribution in [2.24, 2.45) is 29.6 Å². The Labute approximate surface area is 143 Å². The van der Waals surface area contributed by atoms with Gasteiger partial charge in [0.25, 0.3) is 0 Å². The first-order valence-corrected chi connectivity index (χ1v) is 10.3. The molecule has 2 nitrogen and oxygen atoms in total. The van der Waals surface area contributed by atoms with Gasteiger partial charge in [0.2, 0.25) is 0 Å². The molecule has 1 aliphatic heterocycles. The van der Waals surface area contributed by atoms with Gasteiger partial charge in [-0.2, -0.15) is 0 Å². The minimum absolute atomic E-state index is 0.00297. The van der Waals surface area contributed by atoms with Crippen LogP contribution in [-0.2, 0) is 4.74 Å². The zero-order valence-corrected chi connectivity index (χ0v) is 15.8. The molecule has 0 aromatic heterocycles. The van der Waals surface area contributed by atoms with E-state index in [1.54, 1.807) is 0 Å². The molecular weight excluding hydrogens is 284 g/mol. The van der Waals surface area contributed by atoms with E-state index in [4.69, 9.17) is 4.74 Å². The highest BCUT2D eigenvalue weighted by Gasteiger charge is 2.54. The van der Waals surface area contributed by atoms with Gasteiger partial charge in [0.1, 0.15) is 0 Å². The number of aliphatic hydroxyl groups is 1. The Morgan fingerprint density at radius 1 is 1.09 bits per heavy atom. The molecule has 2 aliphatic carbocycles. The lowest BCUT2D eigenvalue weighted by atomic mass is 9.57. The number of aliphatic hydroxyl groups excluding tert-OH is 1. The minimum atomic E-state index is -0.130. The normalized spacial score (nSPS) is 46.0. The Bertz CT molecular complexity index is 391. The second-order valence-electron chi connectivity index (χ2n) is 9.43. The molecule has 3 rings (SSSR count). The molecule has 0 amide bonds. The van der Waals surface area contributed by atoms with Crippen LogP contribution in [0, 0.1) is 29.6 Å². The molecule has 1 saturated heterocycles. The Morgan fingerprint density at radius 2 is 1.87 bits per heavy atom. The molecule has 5 unspecified atom stereocenters. The highest BCUT2D eigenvalue weighted by atomic mass is 16.5. The van der Waals surface area contributed by atoms with Crippen LogP contribution in [0.3, 0.4) is 0 Å². The first kappa shape index (κ1) is 17.7. The van der Waals surface area contributed by atoms with E-state index >= 15 is 0 Å². The summed E-state index contributed by atoms with van der Waals surface area (Å²) in [5.74, 6) is 3.22. The predicted molar refractivity (Wildman–Crippen MR) is 95.3 cm³/mol. The van der Waals surface area contributed by atoms with Crippen LogP contribution in [-0.4, -0.2) is 22.9 Å². The quantitative estimate of drug-likeness (QED) is 0.722. The smallest absolute Gasteiger partial charge is 0.0661 e. The van der Waals surface area contributed by atoms with Crippen molar-refractivity contribution in [3.63, 3.8) is 0 Å². The molecule has 2 heteroatoms. The van der Waals surface area contributed by atoms with Crippen molar-refractivity contribution in [1.29, 1.82) is 0 Å². The third-order valence-corrected chi connectivity index (χ3v) is 7.23. The molecule has 0 aromatic rings. The van der Waals surface area contributed by atoms with Crippen LogP contribution in [0.15, 0.2) is 0 Å². The molecule has 0 bridgehead atoms. The lowest BCUT2D eigenvalue weighted by Crippen LogP contribution is -2.59. The fraction of sp³-hybridized carbons (Fsp3) is 1.00. The van der Waals surface area contributed by atoms with Crippen LogP contribution in [0.5, 0.6) is 0 Å². The first-order chi connectivity index (χ1) is 10.9. The number of ether oxygens (including phenoxy) is 1. The summed E-state index contributed by atoms with van der Waals surface area (Å²) in [5.41, 5.74) is -0.00297. The lowest BCUT2D eigenvalue weighted by molar-refractivity contribution is -0.242. The summed E-state index contributed by atoms with van der Waals surface area (Å²) in [6.07, 6.45) is 11.5. The maximum atomic E-state index is 10.9. The maximum absolute atomic E-state index is 10.9. The summed E-state index contributed by atoms with van der Waals surface area (Å²) in [4.78, 5) is 0. The molecule has 134 valence electrons. The second kappa shape index (κ2) is 7.04. The van der Waals surface area contributed by atoms with E-state index < -0.39 is 0 Å². The fourth-order valence-electron chi connectivity index (χ4n) is 6.13. The van der Waals surface area contributed by atoms with Crippen molar-refractivity contribution < 1.29 is 9.84 Å². The van der Waals surface area contributed by atoms with E-state index in [1.807, 2.05) is 0 Å². The lowest BCUT2D eigenvalue weighted by Gasteiger charge is -2.58. The fourth-order valence-corrected chi connectivity index (χ4v) is 6.13. The van der Waals surface area contributed by atoms with E-state index in [0.29, 0.717) is 29.8 Å². The molecule has 1 N–H and O–H groups in total. The minimum Gasteiger partial charge on any atom is -0.393 e. The van der Waals surface area contributed by atoms with Crippen molar-refractivity contribution in [1.82, 2.24) is 0 Å². The van der Waals surface area contributed by atoms with E-state index in [2.05, 4.69) is 27.7 Å². The Hall–Kier alpha value is -0.0800. The third-order valence-electron chi connectivity index (χ3n) is 7.23. The highest BCUT2D eigenvalue weighted by Crippen LogP contribution is 2.54. The Kier molecular flexibility index (Phi) is 5.43. The van der Waals surface area contributed by atoms with E-state index in [1.165, 1.54) is 51.4 Å². The molecular formula is C21H38O2. The van der Waals surface area contributed by atoms with Gasteiger partial charge in [0, 0.05) is 5.92 Å². The van der Waals surface area contributed by atoms with Gasteiger partial charge in [0.05, 0.1) is 17.8 Å². The number of rotatable bonds is 4. The van der Waals surface area contributed by atoms with Gasteiger partial charge >= 0.3 is 0 Å². The van der Waals surface area contributed by atoms with E-state index in [0.717, 1.165) is 12.3 Å². The molecule has 2 saturated carbocycles. The molecule has 3 fully saturated rings. The van der Waals surface area contributed by atoms with Gasteiger partial charge in [-0.25, -0.2) is 0 Å². The van der Waals surface area contributed by atoms with E-state index in [9.17, 15) is 5.11 Å². The summed E-state index contributed by atoms with van der Waals surface area (Å²) < 4.78 is 6.63. The topological polar surface area (TPSA) is 29.5 Å². The van der Waals surface area contributed by atoms with Gasteiger partial charge in [-0.3, -0.25) is 0 Å². The number of fused-ring (bicyclic) bond motifs is 3. The van der Waals surface area contributed by atoms with Gasteiger partial charge in [-0.1, -0.05) is 46.0 Å². The maximum Gasteiger partial charge on any atom is 0.0661 e. The van der Waals surface area contributed by atoms with Crippen LogP contribution < -0.4 is 0 Å². The molecule has 7 atom stereocenters. The van der Waals surface area contributed by atoms with Crippen LogP contribution >= 0.6 is 0 Å². The summed E-state index contributed by atoms with van der Waals surface area (Å²) >= 11 is 0. The Morgan fingerprint density at radius 3 is 2.61 bits per heavy atom. The van der Waals surface area contributed by atoms with Crippen LogP contribution in [0.25, 0.3) is 0 Å². The molecule has 23 heavy (non-hydrogen) atoms. The first-order valence-electron chi connectivity index (χ1n) is 10.3. The van der Waals surface area contributed by atoms with Crippen molar-refractivity contribution in [3.8, 4) is 0 Å². The highest BCUT2D eigenvalue weighted by molar-refractivity contribution is 5.03. The number of unbranched alkanes of at least 4 members (excludes halogenated alkanes) is 2. The van der Waals surface area contributed by atoms with Gasteiger partial charge < -0.3 is 9.84 Å². The largest absolute Gasteiger partial charge is 0.393 e. The summed E-state index contributed by atoms with van der Waals surface area (Å²) in [5, 5.41) is 10.9. The summed E-state index contributed by atoms with van der Waals surface area (Å²) in [6, 6.07) is 0. The van der Waals surface area contributed by atoms with Crippen molar-refractivity contribution in [3.05, 3.63) is 0 Å². The second-order valence-corrected chi connectivity index (χ2v) is 9.43. The van der Waals surface area contributed by atoms with Crippen LogP contribution in [0.2, 0.25) is 0 Å². The number of hydrogen-bond acceptors (Lipinski definition) is 2. The van der Waals surface area contributed by atoms with Crippen LogP contribution in [0.1, 0.15) is 85.5 Å². The zero-order chi connectivity index (χ0) is 16.6. The molecule has 3 aliphatic rings. The number of hydrogen-bond donors (Lipinski definition) is 1. The average molecular weight is 323 g/mol. The SMILES string of the molecule is CCCCCC1CC(O)C2C(C1)OC(C)(C)[C@@H]1CCC(C)C[C@@H]21. The third kappa shape index (κ3) is 3.63. The molecule has 0 aromatic carbocycles. The molecule has 1 heterocycles. The summed E-state index contributed by atoms with van der Waals surface area (Å²) in [6.45, 7) is 9.28. The van der Waals surface area contributed by atoms with Gasteiger partial charge in [-0.15, -0.1) is 0 Å². The van der Waals surface area contributed by atoms with E-state index in [-0.39, 0.29) is 11.7 Å². The predicted octanol–water partition coefficient (Wildman–Crippen LogP) is 5.18. The monoisotopic (exact) mass is 322 g/mol. The average Bonchev–Trinajstić information content (AvgIpc) is 2.46. The van der Waals surface area contributed by atoms with Gasteiger partial charge in [-0.05, 0) is 63.2 Å². The van der Waals surface area contributed by atoms with Crippen molar-refractivity contribution >= 4 is 0 Å². The van der Waals surface area contributed by atoms with Crippen LogP contribution in [0.4, 0.5) is 0 Å². The van der Waals surface area contributed by atoms with Gasteiger partial charge in [0.15, 0.2) is 0 Å². The molecule has 0 radical (unpaired) electrons. The summed E-state index contributed by atoms with van der Waals surface area (Å²) in [7, 11) is 0. The van der Waals surface area contributed by atoms with Crippen molar-refractivity contribution in [2.45, 2.75) is 103 Å². The zero-order valence-electron chi connectivity index (χ0n) is 15.8. The Balaban J connectivity index is 1.72. The molecule has 0 spiro atoms. The standard InChI is InChI=1S/C21H38O2/c1-5-6-7-8-15-12-18(22)20-16-11-14(2)9-10-17(16)21(3,4)23-19(20)13-15/h14-20,22H,5-13H2,1-4H3/t14?,15?,16-,17-,18?,19?,20?/m1/s1. The van der Waals surface area contributed by atoms with Crippen molar-refractivity contribution in [2.75, 3.05) is 0 Å².